The molecule has 1 N–H and O–H groups in total. The van der Waals surface area contributed by atoms with Gasteiger partial charge in [-0.05, 0) is 54.8 Å². The van der Waals surface area contributed by atoms with Gasteiger partial charge in [0.05, 0.1) is 0 Å². The molecule has 1 aliphatic heterocycles. The van der Waals surface area contributed by atoms with E-state index in [1.165, 1.54) is 6.07 Å². The molecule has 2 rings (SSSR count). The average Bonchev–Trinajstić information content (AvgIpc) is 3.28. The van der Waals surface area contributed by atoms with Crippen molar-refractivity contribution in [2.24, 2.45) is 4.99 Å². The van der Waals surface area contributed by atoms with Crippen LogP contribution >= 0.6 is 15.9 Å². The fourth-order valence-corrected chi connectivity index (χ4v) is 3.01. The van der Waals surface area contributed by atoms with Gasteiger partial charge in [-0.25, -0.2) is 13.8 Å². The first kappa shape index (κ1) is 24.8. The molecule has 10 heteroatoms. The summed E-state index contributed by atoms with van der Waals surface area (Å²) in [4.78, 5) is 31.7. The normalized spacial score (nSPS) is 15.1. The largest absolute Gasteiger partial charge is 0.473 e. The van der Waals surface area contributed by atoms with Gasteiger partial charge >= 0.3 is 0 Å². The number of aliphatic imine (C=N–C) groups is 1. The number of hydrogen-bond acceptors (Lipinski definition) is 4. The molecule has 1 saturated heterocycles. The predicted molar refractivity (Wildman–Crippen MR) is 117 cm³/mol. The van der Waals surface area contributed by atoms with E-state index in [1.54, 1.807) is 16.8 Å². The first-order chi connectivity index (χ1) is 14.7. The summed E-state index contributed by atoms with van der Waals surface area (Å²) in [7, 11) is 1.78. The van der Waals surface area contributed by atoms with Crippen molar-refractivity contribution >= 4 is 34.1 Å². The Morgan fingerprint density at radius 1 is 1.35 bits per heavy atom. The highest BCUT2D eigenvalue weighted by molar-refractivity contribution is 9.12. The highest BCUT2D eigenvalue weighted by atomic mass is 79.9. The first-order valence-electron chi connectivity index (χ1n) is 9.96. The zero-order chi connectivity index (χ0) is 23.0. The van der Waals surface area contributed by atoms with Gasteiger partial charge in [0, 0.05) is 37.8 Å². The molecule has 1 aliphatic rings. The van der Waals surface area contributed by atoms with Crippen LogP contribution in [0.15, 0.2) is 33.6 Å². The van der Waals surface area contributed by atoms with Crippen LogP contribution in [-0.4, -0.2) is 60.7 Å². The summed E-state index contributed by atoms with van der Waals surface area (Å²) in [5.74, 6) is -1.22. The van der Waals surface area contributed by atoms with Crippen LogP contribution in [0, 0.1) is 11.6 Å². The Morgan fingerprint density at radius 3 is 2.61 bits per heavy atom. The van der Waals surface area contributed by atoms with Gasteiger partial charge in [0.1, 0.15) is 29.3 Å². The summed E-state index contributed by atoms with van der Waals surface area (Å²) >= 11 is 3.12. The lowest BCUT2D eigenvalue weighted by Gasteiger charge is -2.27. The SMILES string of the molecule is CC(C)N(C)C(=NCC(=O)N1CCCC1)N/C(OCc1ccc(F)cc1F)=C(/Br)C=O. The van der Waals surface area contributed by atoms with E-state index in [0.29, 0.717) is 12.2 Å². The lowest BCUT2D eigenvalue weighted by molar-refractivity contribution is -0.128. The molecule has 1 aromatic carbocycles. The van der Waals surface area contributed by atoms with Crippen molar-refractivity contribution in [2.45, 2.75) is 39.3 Å². The van der Waals surface area contributed by atoms with Crippen molar-refractivity contribution in [1.29, 1.82) is 0 Å². The summed E-state index contributed by atoms with van der Waals surface area (Å²) in [6, 6.07) is 3.17. The number of amides is 1. The lowest BCUT2D eigenvalue weighted by atomic mass is 10.2. The number of nitrogens with one attached hydrogen (secondary N) is 1. The zero-order valence-electron chi connectivity index (χ0n) is 17.8. The standard InChI is InChI=1S/C21H27BrF2N4O3/c1-14(2)27(3)21(25-11-19(30)28-8-4-5-9-28)26-20(17(22)12-29)31-13-15-6-7-16(23)10-18(15)24/h6-7,10,12,14H,4-5,8-9,11,13H2,1-3H3,(H,25,26)/b20-17-. The molecule has 0 unspecified atom stereocenters. The zero-order valence-corrected chi connectivity index (χ0v) is 19.4. The maximum absolute atomic E-state index is 13.9. The topological polar surface area (TPSA) is 74.2 Å². The third-order valence-electron chi connectivity index (χ3n) is 4.86. The van der Waals surface area contributed by atoms with Crippen molar-refractivity contribution in [3.05, 3.63) is 45.8 Å². The van der Waals surface area contributed by atoms with Gasteiger partial charge in [-0.15, -0.1) is 0 Å². The number of allylic oxidation sites excluding steroid dienone is 1. The summed E-state index contributed by atoms with van der Waals surface area (Å²) < 4.78 is 32.7. The van der Waals surface area contributed by atoms with Crippen molar-refractivity contribution < 1.29 is 23.1 Å². The number of carbonyl (C=O) groups is 2. The second-order valence-electron chi connectivity index (χ2n) is 7.38. The van der Waals surface area contributed by atoms with Crippen molar-refractivity contribution in [3.8, 4) is 0 Å². The minimum Gasteiger partial charge on any atom is -0.473 e. The van der Waals surface area contributed by atoms with E-state index in [4.69, 9.17) is 4.74 Å². The molecule has 0 radical (unpaired) electrons. The molecule has 0 atom stereocenters. The fourth-order valence-electron chi connectivity index (χ4n) is 2.80. The van der Waals surface area contributed by atoms with Crippen molar-refractivity contribution in [3.63, 3.8) is 0 Å². The lowest BCUT2D eigenvalue weighted by Crippen LogP contribution is -2.43. The second-order valence-corrected chi connectivity index (χ2v) is 8.23. The third kappa shape index (κ3) is 7.30. The highest BCUT2D eigenvalue weighted by Gasteiger charge is 2.20. The predicted octanol–water partition coefficient (Wildman–Crippen LogP) is 3.15. The van der Waals surface area contributed by atoms with Gasteiger partial charge in [-0.1, -0.05) is 0 Å². The van der Waals surface area contributed by atoms with Crippen LogP contribution in [0.4, 0.5) is 8.78 Å². The molecule has 7 nitrogen and oxygen atoms in total. The van der Waals surface area contributed by atoms with Crippen LogP contribution < -0.4 is 5.32 Å². The molecule has 0 aromatic heterocycles. The number of rotatable bonds is 8. The number of benzene rings is 1. The quantitative estimate of drug-likeness (QED) is 0.195. The molecule has 0 saturated carbocycles. The van der Waals surface area contributed by atoms with Crippen LogP contribution in [-0.2, 0) is 20.9 Å². The Kier molecular flexibility index (Phi) is 9.42. The van der Waals surface area contributed by atoms with E-state index in [-0.39, 0.29) is 41.0 Å². The summed E-state index contributed by atoms with van der Waals surface area (Å²) in [5.41, 5.74) is 0.117. The maximum Gasteiger partial charge on any atom is 0.244 e. The maximum atomic E-state index is 13.9. The Hall–Kier alpha value is -2.49. The summed E-state index contributed by atoms with van der Waals surface area (Å²) in [5, 5.41) is 2.92. The van der Waals surface area contributed by atoms with E-state index in [0.717, 1.165) is 38.1 Å². The average molecular weight is 501 g/mol. The molecule has 1 heterocycles. The number of nitrogens with zero attached hydrogens (tertiary/aromatic N) is 3. The first-order valence-corrected chi connectivity index (χ1v) is 10.8. The molecule has 1 amide bonds. The number of aldehydes is 1. The monoisotopic (exact) mass is 500 g/mol. The molecule has 0 bridgehead atoms. The van der Waals surface area contributed by atoms with Gasteiger partial charge in [0.25, 0.3) is 0 Å². The molecule has 31 heavy (non-hydrogen) atoms. The molecule has 0 aliphatic carbocycles. The number of guanidine groups is 1. The van der Waals surface area contributed by atoms with E-state index < -0.39 is 11.6 Å². The van der Waals surface area contributed by atoms with Crippen LogP contribution in [0.1, 0.15) is 32.3 Å². The van der Waals surface area contributed by atoms with Crippen LogP contribution in [0.2, 0.25) is 0 Å². The van der Waals surface area contributed by atoms with Crippen LogP contribution in [0.5, 0.6) is 0 Å². The minimum atomic E-state index is -0.758. The van der Waals surface area contributed by atoms with Crippen molar-refractivity contribution in [1.82, 2.24) is 15.1 Å². The highest BCUT2D eigenvalue weighted by Crippen LogP contribution is 2.16. The number of ether oxygens (including phenoxy) is 1. The number of carbonyl (C=O) groups excluding carboxylic acids is 2. The second kappa shape index (κ2) is 11.8. The molecule has 170 valence electrons. The Morgan fingerprint density at radius 2 is 2.03 bits per heavy atom. The molecular formula is C21H27BrF2N4O3. The fraction of sp³-hybridized carbons (Fsp3) is 0.476. The number of likely N-dealkylation sites (tertiary alicyclic amines) is 1. The smallest absolute Gasteiger partial charge is 0.244 e. The molecule has 1 fully saturated rings. The third-order valence-corrected chi connectivity index (χ3v) is 5.41. The van der Waals surface area contributed by atoms with Gasteiger partial charge in [0.2, 0.25) is 17.7 Å². The number of hydrogen-bond donors (Lipinski definition) is 1. The molecule has 1 aromatic rings. The van der Waals surface area contributed by atoms with Gasteiger partial charge < -0.3 is 14.5 Å². The van der Waals surface area contributed by atoms with E-state index >= 15 is 0 Å². The Bertz CT molecular complexity index is 855. The van der Waals surface area contributed by atoms with Crippen LogP contribution in [0.3, 0.4) is 0 Å². The van der Waals surface area contributed by atoms with Crippen molar-refractivity contribution in [2.75, 3.05) is 26.7 Å². The Labute approximate surface area is 189 Å². The summed E-state index contributed by atoms with van der Waals surface area (Å²) in [6.45, 7) is 5.02. The van der Waals surface area contributed by atoms with Gasteiger partial charge in [-0.2, -0.15) is 0 Å². The van der Waals surface area contributed by atoms with E-state index in [9.17, 15) is 18.4 Å². The van der Waals surface area contributed by atoms with E-state index in [1.807, 2.05) is 13.8 Å². The minimum absolute atomic E-state index is 0.00130. The van der Waals surface area contributed by atoms with Crippen LogP contribution in [0.25, 0.3) is 0 Å². The molecular weight excluding hydrogens is 474 g/mol. The Balaban J connectivity index is 2.18. The summed E-state index contributed by atoms with van der Waals surface area (Å²) in [6.07, 6.45) is 2.49. The van der Waals surface area contributed by atoms with E-state index in [2.05, 4.69) is 26.2 Å². The van der Waals surface area contributed by atoms with Gasteiger partial charge in [0.15, 0.2) is 6.29 Å². The molecule has 0 spiro atoms. The van der Waals surface area contributed by atoms with Gasteiger partial charge in [-0.3, -0.25) is 14.9 Å². The number of halogens is 3.